The first-order valence-electron chi connectivity index (χ1n) is 4.27. The lowest BCUT2D eigenvalue weighted by Crippen LogP contribution is -2.86. The molecule has 70 valence electrons. The van der Waals surface area contributed by atoms with Crippen LogP contribution < -0.4 is 5.32 Å². The van der Waals surface area contributed by atoms with Gasteiger partial charge < -0.3 is 10.1 Å². The second-order valence-corrected chi connectivity index (χ2v) is 3.08. The van der Waals surface area contributed by atoms with Crippen molar-refractivity contribution < 1.29 is 14.8 Å². The number of quaternary nitrogens is 1. The normalized spacial score (nSPS) is 9.92. The van der Waals surface area contributed by atoms with E-state index in [0.717, 1.165) is 13.1 Å². The minimum Gasteiger partial charge on any atom is -0.457 e. The fourth-order valence-electron chi connectivity index (χ4n) is 0.753. The van der Waals surface area contributed by atoms with Crippen molar-refractivity contribution in [2.75, 3.05) is 19.7 Å². The summed E-state index contributed by atoms with van der Waals surface area (Å²) in [5.74, 6) is 0.341. The molecule has 0 aromatic carbocycles. The summed E-state index contributed by atoms with van der Waals surface area (Å²) in [7, 11) is 0. The molecule has 0 fully saturated rings. The molecule has 0 unspecified atom stereocenters. The van der Waals surface area contributed by atoms with Crippen LogP contribution in [0.2, 0.25) is 0 Å². The molecule has 0 saturated heterocycles. The monoisotopic (exact) mass is 172 g/mol. The van der Waals surface area contributed by atoms with Crippen molar-refractivity contribution in [1.29, 1.82) is 0 Å². The van der Waals surface area contributed by atoms with Gasteiger partial charge in [-0.15, -0.1) is 0 Å². The standard InChI is InChI=1S/C9H17NO2/c1-4-9(11)12-6-5-10-7-8(2)3/h4,8,10H,1,5-7H2,2-3H3/p+1. The zero-order chi connectivity index (χ0) is 9.40. The van der Waals surface area contributed by atoms with Crippen LogP contribution in [0.3, 0.4) is 0 Å². The summed E-state index contributed by atoms with van der Waals surface area (Å²) in [5, 5.41) is 2.14. The van der Waals surface area contributed by atoms with E-state index in [2.05, 4.69) is 25.7 Å². The van der Waals surface area contributed by atoms with Gasteiger partial charge in [-0.3, -0.25) is 0 Å². The lowest BCUT2D eigenvalue weighted by atomic mass is 10.2. The minimum absolute atomic E-state index is 0.340. The van der Waals surface area contributed by atoms with Crippen molar-refractivity contribution in [2.45, 2.75) is 13.8 Å². The van der Waals surface area contributed by atoms with Gasteiger partial charge in [0, 0.05) is 12.0 Å². The molecule has 0 aliphatic carbocycles. The Morgan fingerprint density at radius 1 is 1.67 bits per heavy atom. The second-order valence-electron chi connectivity index (χ2n) is 3.08. The Bertz CT molecular complexity index is 143. The van der Waals surface area contributed by atoms with Crippen molar-refractivity contribution in [3.63, 3.8) is 0 Å². The minimum atomic E-state index is -0.340. The molecule has 0 saturated carbocycles. The molecule has 0 bridgehead atoms. The summed E-state index contributed by atoms with van der Waals surface area (Å²) >= 11 is 0. The lowest BCUT2D eigenvalue weighted by Gasteiger charge is -2.03. The van der Waals surface area contributed by atoms with Gasteiger partial charge >= 0.3 is 5.97 Å². The molecule has 0 rings (SSSR count). The van der Waals surface area contributed by atoms with Crippen LogP contribution in [0.4, 0.5) is 0 Å². The zero-order valence-electron chi connectivity index (χ0n) is 7.88. The summed E-state index contributed by atoms with van der Waals surface area (Å²) in [6.07, 6.45) is 1.18. The Labute approximate surface area is 73.8 Å². The van der Waals surface area contributed by atoms with E-state index in [1.165, 1.54) is 6.08 Å². The molecule has 3 heteroatoms. The van der Waals surface area contributed by atoms with Gasteiger partial charge in [0.2, 0.25) is 0 Å². The molecule has 0 aromatic rings. The molecule has 0 aliphatic rings. The molecular formula is C9H18NO2+. The second kappa shape index (κ2) is 6.85. The maximum atomic E-state index is 10.6. The highest BCUT2D eigenvalue weighted by atomic mass is 16.5. The topological polar surface area (TPSA) is 42.9 Å². The highest BCUT2D eigenvalue weighted by molar-refractivity contribution is 5.81. The van der Waals surface area contributed by atoms with Gasteiger partial charge in [0.15, 0.2) is 0 Å². The number of esters is 1. The Morgan fingerprint density at radius 2 is 2.33 bits per heavy atom. The van der Waals surface area contributed by atoms with E-state index in [9.17, 15) is 4.79 Å². The molecule has 2 N–H and O–H groups in total. The highest BCUT2D eigenvalue weighted by Gasteiger charge is 1.98. The van der Waals surface area contributed by atoms with Gasteiger partial charge in [-0.2, -0.15) is 0 Å². The molecular weight excluding hydrogens is 154 g/mol. The van der Waals surface area contributed by atoms with Crippen LogP contribution in [-0.2, 0) is 9.53 Å². The van der Waals surface area contributed by atoms with Crippen molar-refractivity contribution in [3.8, 4) is 0 Å². The molecule has 0 radical (unpaired) electrons. The van der Waals surface area contributed by atoms with E-state index in [4.69, 9.17) is 4.74 Å². The molecule has 0 amide bonds. The molecule has 0 spiro atoms. The highest BCUT2D eigenvalue weighted by Crippen LogP contribution is 1.81. The largest absolute Gasteiger partial charge is 0.457 e. The summed E-state index contributed by atoms with van der Waals surface area (Å²) < 4.78 is 4.78. The number of hydrogen-bond donors (Lipinski definition) is 1. The van der Waals surface area contributed by atoms with Crippen molar-refractivity contribution in [1.82, 2.24) is 0 Å². The van der Waals surface area contributed by atoms with E-state index >= 15 is 0 Å². The number of rotatable bonds is 6. The van der Waals surface area contributed by atoms with Gasteiger partial charge in [0.25, 0.3) is 0 Å². The zero-order valence-corrected chi connectivity index (χ0v) is 7.88. The Morgan fingerprint density at radius 3 is 2.83 bits per heavy atom. The fraction of sp³-hybridized carbons (Fsp3) is 0.667. The first-order chi connectivity index (χ1) is 5.66. The van der Waals surface area contributed by atoms with Crippen molar-refractivity contribution in [2.24, 2.45) is 5.92 Å². The van der Waals surface area contributed by atoms with E-state index in [0.29, 0.717) is 12.5 Å². The predicted molar refractivity (Wildman–Crippen MR) is 47.7 cm³/mol. The van der Waals surface area contributed by atoms with Crippen LogP contribution in [0.15, 0.2) is 12.7 Å². The van der Waals surface area contributed by atoms with Crippen LogP contribution in [0, 0.1) is 5.92 Å². The predicted octanol–water partition coefficient (Wildman–Crippen LogP) is -0.0650. The molecule has 12 heavy (non-hydrogen) atoms. The third kappa shape index (κ3) is 7.28. The maximum Gasteiger partial charge on any atom is 0.330 e. The smallest absolute Gasteiger partial charge is 0.330 e. The van der Waals surface area contributed by atoms with Gasteiger partial charge in [0.1, 0.15) is 13.2 Å². The SMILES string of the molecule is C=CC(=O)OCC[NH2+]CC(C)C. The van der Waals surface area contributed by atoms with Crippen molar-refractivity contribution in [3.05, 3.63) is 12.7 Å². The number of ether oxygens (including phenoxy) is 1. The van der Waals surface area contributed by atoms with E-state index in [-0.39, 0.29) is 5.97 Å². The number of carbonyl (C=O) groups excluding carboxylic acids is 1. The number of carbonyl (C=O) groups is 1. The van der Waals surface area contributed by atoms with E-state index in [1.54, 1.807) is 0 Å². The third-order valence-corrected chi connectivity index (χ3v) is 1.37. The van der Waals surface area contributed by atoms with Gasteiger partial charge in [-0.05, 0) is 0 Å². The van der Waals surface area contributed by atoms with Gasteiger partial charge in [0.05, 0.1) is 6.54 Å². The van der Waals surface area contributed by atoms with Crippen LogP contribution in [0.1, 0.15) is 13.8 Å². The maximum absolute atomic E-state index is 10.6. The van der Waals surface area contributed by atoms with Crippen LogP contribution in [0.5, 0.6) is 0 Å². The van der Waals surface area contributed by atoms with Crippen molar-refractivity contribution >= 4 is 5.97 Å². The quantitative estimate of drug-likeness (QED) is 0.346. The molecule has 0 aliphatic heterocycles. The Balaban J connectivity index is 3.11. The summed E-state index contributed by atoms with van der Waals surface area (Å²) in [5.41, 5.74) is 0. The molecule has 0 aromatic heterocycles. The van der Waals surface area contributed by atoms with E-state index < -0.39 is 0 Å². The average molecular weight is 172 g/mol. The first kappa shape index (κ1) is 11.2. The Hall–Kier alpha value is -0.830. The molecule has 3 nitrogen and oxygen atoms in total. The van der Waals surface area contributed by atoms with Crippen LogP contribution in [-0.4, -0.2) is 25.7 Å². The third-order valence-electron chi connectivity index (χ3n) is 1.37. The molecule has 0 atom stereocenters. The summed E-state index contributed by atoms with van der Waals surface area (Å²) in [4.78, 5) is 10.6. The molecule has 0 heterocycles. The van der Waals surface area contributed by atoms with Crippen LogP contribution in [0.25, 0.3) is 0 Å². The number of hydrogen-bond acceptors (Lipinski definition) is 2. The summed E-state index contributed by atoms with van der Waals surface area (Å²) in [6, 6.07) is 0. The number of nitrogens with two attached hydrogens (primary N) is 1. The van der Waals surface area contributed by atoms with E-state index in [1.807, 2.05) is 0 Å². The lowest BCUT2D eigenvalue weighted by molar-refractivity contribution is -0.660. The van der Waals surface area contributed by atoms with Gasteiger partial charge in [-0.1, -0.05) is 20.4 Å². The first-order valence-corrected chi connectivity index (χ1v) is 4.27. The summed E-state index contributed by atoms with van der Waals surface area (Å²) in [6.45, 7) is 10.00. The Kier molecular flexibility index (Phi) is 6.38. The fourth-order valence-corrected chi connectivity index (χ4v) is 0.753. The van der Waals surface area contributed by atoms with Crippen LogP contribution >= 0.6 is 0 Å². The van der Waals surface area contributed by atoms with Gasteiger partial charge in [-0.25, -0.2) is 4.79 Å². The average Bonchev–Trinajstić information content (AvgIpc) is 2.03.